The predicted molar refractivity (Wildman–Crippen MR) is 170 cm³/mol. The summed E-state index contributed by atoms with van der Waals surface area (Å²) in [6.07, 6.45) is 7.63. The van der Waals surface area contributed by atoms with Gasteiger partial charge in [0, 0.05) is 11.0 Å². The molecular weight excluding hydrogens is 552 g/mol. The Morgan fingerprint density at radius 1 is 0.814 bits per heavy atom. The second kappa shape index (κ2) is 11.6. The lowest BCUT2D eigenvalue weighted by Gasteiger charge is -2.58. The van der Waals surface area contributed by atoms with Crippen molar-refractivity contribution in [2.24, 2.45) is 17.8 Å². The summed E-state index contributed by atoms with van der Waals surface area (Å²) >= 11 is 0. The number of benzene rings is 3. The Bertz CT molecular complexity index is 1450. The third kappa shape index (κ3) is 6.17. The van der Waals surface area contributed by atoms with Gasteiger partial charge in [-0.3, -0.25) is 0 Å². The Labute approximate surface area is 257 Å². The summed E-state index contributed by atoms with van der Waals surface area (Å²) in [5.41, 5.74) is 4.37. The number of hydrogen-bond donors (Lipinski definition) is 0. The van der Waals surface area contributed by atoms with Crippen LogP contribution in [0.15, 0.2) is 66.7 Å². The van der Waals surface area contributed by atoms with Crippen molar-refractivity contribution in [1.29, 1.82) is 0 Å². The molecule has 0 N–H and O–H groups in total. The van der Waals surface area contributed by atoms with Crippen LogP contribution in [0.5, 0.6) is 11.5 Å². The molecule has 225 valence electrons. The summed E-state index contributed by atoms with van der Waals surface area (Å²) in [7, 11) is -1.17. The predicted octanol–water partition coefficient (Wildman–Crippen LogP) is 8.66. The number of rotatable bonds is 8. The van der Waals surface area contributed by atoms with Gasteiger partial charge >= 0.3 is 11.9 Å². The molecule has 43 heavy (non-hydrogen) atoms. The summed E-state index contributed by atoms with van der Waals surface area (Å²) < 4.78 is 18.1. The SMILES string of the molecule is C[Si](C)Oc1c(C(=O)Oc2ccc(C(=O)OCc3ccccc3)cc2)ccc(C(C)(C)C)c1C12CC3CC(CC(C3)C1)C2. The first kappa shape index (κ1) is 29.7. The van der Waals surface area contributed by atoms with Crippen LogP contribution in [0.2, 0.25) is 13.1 Å². The second-order valence-corrected chi connectivity index (χ2v) is 16.3. The smallest absolute Gasteiger partial charge is 0.347 e. The van der Waals surface area contributed by atoms with E-state index in [0.29, 0.717) is 16.9 Å². The molecule has 0 heterocycles. The lowest BCUT2D eigenvalue weighted by Crippen LogP contribution is -2.49. The molecule has 5 nitrogen and oxygen atoms in total. The van der Waals surface area contributed by atoms with E-state index in [0.717, 1.165) is 29.1 Å². The van der Waals surface area contributed by atoms with E-state index in [4.69, 9.17) is 13.9 Å². The molecule has 0 saturated heterocycles. The summed E-state index contributed by atoms with van der Waals surface area (Å²) in [6, 6.07) is 20.2. The highest BCUT2D eigenvalue weighted by atomic mass is 28.3. The second-order valence-electron chi connectivity index (χ2n) is 14.3. The Morgan fingerprint density at radius 3 is 1.98 bits per heavy atom. The minimum atomic E-state index is -1.17. The van der Waals surface area contributed by atoms with Gasteiger partial charge in [-0.1, -0.05) is 57.2 Å². The summed E-state index contributed by atoms with van der Waals surface area (Å²) in [4.78, 5) is 26.4. The first-order chi connectivity index (χ1) is 20.5. The highest BCUT2D eigenvalue weighted by Crippen LogP contribution is 2.63. The fourth-order valence-corrected chi connectivity index (χ4v) is 8.87. The molecule has 4 aliphatic carbocycles. The zero-order valence-corrected chi connectivity index (χ0v) is 27.1. The maximum Gasteiger partial charge on any atom is 0.347 e. The van der Waals surface area contributed by atoms with Gasteiger partial charge in [0.25, 0.3) is 9.04 Å². The number of hydrogen-bond acceptors (Lipinski definition) is 5. The third-order valence-electron chi connectivity index (χ3n) is 9.57. The highest BCUT2D eigenvalue weighted by Gasteiger charge is 2.54. The Hall–Kier alpha value is -3.38. The monoisotopic (exact) mass is 595 g/mol. The molecule has 4 saturated carbocycles. The fraction of sp³-hybridized carbons (Fsp3) is 0.459. The third-order valence-corrected chi connectivity index (χ3v) is 10.2. The Kier molecular flexibility index (Phi) is 8.01. The minimum absolute atomic E-state index is 0.0576. The van der Waals surface area contributed by atoms with E-state index in [-0.39, 0.29) is 17.4 Å². The molecular formula is C37H43O5Si. The minimum Gasteiger partial charge on any atom is -0.542 e. The van der Waals surface area contributed by atoms with Crippen molar-refractivity contribution in [2.45, 2.75) is 89.8 Å². The summed E-state index contributed by atoms with van der Waals surface area (Å²) in [5.74, 6) is 2.60. The molecule has 3 aromatic carbocycles. The molecule has 4 fully saturated rings. The van der Waals surface area contributed by atoms with Crippen LogP contribution in [0.1, 0.15) is 96.7 Å². The normalized spacial score (nSPS) is 24.2. The number of ether oxygens (including phenoxy) is 2. The van der Waals surface area contributed by atoms with Gasteiger partial charge in [0.15, 0.2) is 0 Å². The van der Waals surface area contributed by atoms with E-state index < -0.39 is 21.0 Å². The molecule has 4 aliphatic rings. The van der Waals surface area contributed by atoms with E-state index in [1.54, 1.807) is 24.3 Å². The maximum atomic E-state index is 13.9. The van der Waals surface area contributed by atoms with Crippen LogP contribution in [0.4, 0.5) is 0 Å². The van der Waals surface area contributed by atoms with Gasteiger partial charge in [-0.05, 0) is 116 Å². The average Bonchev–Trinajstić information content (AvgIpc) is 2.95. The largest absolute Gasteiger partial charge is 0.542 e. The molecule has 4 bridgehead atoms. The quantitative estimate of drug-likeness (QED) is 0.148. The van der Waals surface area contributed by atoms with Crippen LogP contribution in [0.3, 0.4) is 0 Å². The molecule has 0 aromatic heterocycles. The molecule has 0 unspecified atom stereocenters. The van der Waals surface area contributed by atoms with E-state index in [1.807, 2.05) is 36.4 Å². The summed E-state index contributed by atoms with van der Waals surface area (Å²) in [6.45, 7) is 11.3. The van der Waals surface area contributed by atoms with Gasteiger partial charge in [-0.2, -0.15) is 0 Å². The van der Waals surface area contributed by atoms with E-state index >= 15 is 0 Å². The molecule has 1 radical (unpaired) electrons. The highest BCUT2D eigenvalue weighted by molar-refractivity contribution is 6.49. The van der Waals surface area contributed by atoms with Crippen molar-refractivity contribution < 1.29 is 23.5 Å². The van der Waals surface area contributed by atoms with Crippen molar-refractivity contribution in [2.75, 3.05) is 0 Å². The molecule has 0 spiro atoms. The molecule has 0 aliphatic heterocycles. The van der Waals surface area contributed by atoms with E-state index in [2.05, 4.69) is 39.9 Å². The van der Waals surface area contributed by atoms with Gasteiger partial charge in [0.05, 0.1) is 5.56 Å². The lowest BCUT2D eigenvalue weighted by atomic mass is 9.47. The van der Waals surface area contributed by atoms with Crippen LogP contribution >= 0.6 is 0 Å². The first-order valence-corrected chi connectivity index (χ1v) is 18.1. The average molecular weight is 596 g/mol. The molecule has 0 amide bonds. The van der Waals surface area contributed by atoms with E-state index in [9.17, 15) is 9.59 Å². The number of carbonyl (C=O) groups excluding carboxylic acids is 2. The molecule has 7 rings (SSSR count). The molecule has 3 aromatic rings. The van der Waals surface area contributed by atoms with Gasteiger partial charge in [0.2, 0.25) is 0 Å². The number of carbonyl (C=O) groups is 2. The molecule has 6 heteroatoms. The van der Waals surface area contributed by atoms with Crippen molar-refractivity contribution >= 4 is 21.0 Å². The van der Waals surface area contributed by atoms with Crippen LogP contribution in [-0.2, 0) is 22.2 Å². The summed E-state index contributed by atoms with van der Waals surface area (Å²) in [5, 5.41) is 0. The number of esters is 2. The van der Waals surface area contributed by atoms with Crippen LogP contribution in [-0.4, -0.2) is 21.0 Å². The van der Waals surface area contributed by atoms with Gasteiger partial charge < -0.3 is 13.9 Å². The lowest BCUT2D eigenvalue weighted by molar-refractivity contribution is -0.00662. The Balaban J connectivity index is 1.29. The maximum absolute atomic E-state index is 13.9. The van der Waals surface area contributed by atoms with Gasteiger partial charge in [-0.15, -0.1) is 0 Å². The first-order valence-electron chi connectivity index (χ1n) is 15.7. The Morgan fingerprint density at radius 2 is 1.42 bits per heavy atom. The zero-order chi connectivity index (χ0) is 30.4. The van der Waals surface area contributed by atoms with Gasteiger partial charge in [0.1, 0.15) is 23.7 Å². The van der Waals surface area contributed by atoms with Crippen molar-refractivity contribution in [3.05, 3.63) is 94.5 Å². The fourth-order valence-electron chi connectivity index (χ4n) is 8.25. The molecule has 0 atom stereocenters. The standard InChI is InChI=1S/C37H43O5Si/c1-36(2,3)31-16-15-30(33(42-43(4)5)32(31)37-20-25-17-26(21-37)19-27(18-25)22-37)35(39)41-29-13-11-28(12-14-29)34(38)40-23-24-9-7-6-8-10-24/h6-16,25-27H,17-23H2,1-5H3. The van der Waals surface area contributed by atoms with Crippen molar-refractivity contribution in [1.82, 2.24) is 0 Å². The van der Waals surface area contributed by atoms with Crippen LogP contribution in [0.25, 0.3) is 0 Å². The van der Waals surface area contributed by atoms with Crippen LogP contribution in [0, 0.1) is 17.8 Å². The van der Waals surface area contributed by atoms with Crippen LogP contribution < -0.4 is 9.16 Å². The van der Waals surface area contributed by atoms with Gasteiger partial charge in [-0.25, -0.2) is 9.59 Å². The van der Waals surface area contributed by atoms with E-state index in [1.165, 1.54) is 49.7 Å². The topological polar surface area (TPSA) is 61.8 Å². The zero-order valence-electron chi connectivity index (χ0n) is 26.1. The van der Waals surface area contributed by atoms with Crippen molar-refractivity contribution in [3.8, 4) is 11.5 Å². The van der Waals surface area contributed by atoms with Crippen molar-refractivity contribution in [3.63, 3.8) is 0 Å².